The average Bonchev–Trinajstić information content (AvgIpc) is 2.51. The lowest BCUT2D eigenvalue weighted by Gasteiger charge is -2.08. The van der Waals surface area contributed by atoms with Crippen LogP contribution in [-0.2, 0) is 0 Å². The molecule has 0 radical (unpaired) electrons. The molecule has 0 saturated carbocycles. The summed E-state index contributed by atoms with van der Waals surface area (Å²) in [6, 6.07) is 9.86. The van der Waals surface area contributed by atoms with Crippen LogP contribution in [0.25, 0.3) is 22.3 Å². The van der Waals surface area contributed by atoms with Crippen LogP contribution in [0.5, 0.6) is 0 Å². The third-order valence-corrected chi connectivity index (χ3v) is 3.48. The summed E-state index contributed by atoms with van der Waals surface area (Å²) in [4.78, 5) is 23.7. The number of hydrogen-bond donors (Lipinski definition) is 1. The first kappa shape index (κ1) is 14.0. The first-order valence-electron chi connectivity index (χ1n) is 6.54. The lowest BCUT2D eigenvalue weighted by Crippen LogP contribution is -2.09. The third-order valence-electron chi connectivity index (χ3n) is 3.48. The highest BCUT2D eigenvalue weighted by Gasteiger charge is 2.17. The highest BCUT2D eigenvalue weighted by atomic mass is 19.1. The van der Waals surface area contributed by atoms with Crippen LogP contribution < -0.4 is 5.43 Å². The quantitative estimate of drug-likeness (QED) is 0.785. The predicted octanol–water partition coefficient (Wildman–Crippen LogP) is 3.61. The fraction of sp³-hybridized carbons (Fsp3) is 0.0588. The van der Waals surface area contributed by atoms with Crippen molar-refractivity contribution in [2.24, 2.45) is 0 Å². The molecular weight excluding hydrogens is 287 g/mol. The van der Waals surface area contributed by atoms with Crippen molar-refractivity contribution < 1.29 is 18.7 Å². The fourth-order valence-electron chi connectivity index (χ4n) is 2.35. The topological polar surface area (TPSA) is 67.5 Å². The zero-order valence-electron chi connectivity index (χ0n) is 11.6. The van der Waals surface area contributed by atoms with Gasteiger partial charge in [-0.25, -0.2) is 9.18 Å². The zero-order valence-corrected chi connectivity index (χ0v) is 11.6. The predicted molar refractivity (Wildman–Crippen MR) is 79.6 cm³/mol. The molecule has 110 valence electrons. The molecule has 0 amide bonds. The van der Waals surface area contributed by atoms with E-state index in [-0.39, 0.29) is 27.7 Å². The van der Waals surface area contributed by atoms with Gasteiger partial charge in [-0.2, -0.15) is 0 Å². The molecule has 0 unspecified atom stereocenters. The van der Waals surface area contributed by atoms with Crippen LogP contribution in [0.15, 0.2) is 51.7 Å². The minimum Gasteiger partial charge on any atom is -0.478 e. The van der Waals surface area contributed by atoms with Gasteiger partial charge < -0.3 is 9.52 Å². The van der Waals surface area contributed by atoms with E-state index in [0.717, 1.165) is 0 Å². The van der Waals surface area contributed by atoms with Crippen molar-refractivity contribution in [1.29, 1.82) is 0 Å². The molecule has 0 aliphatic carbocycles. The van der Waals surface area contributed by atoms with Crippen molar-refractivity contribution in [2.75, 3.05) is 0 Å². The van der Waals surface area contributed by atoms with Crippen LogP contribution in [-0.4, -0.2) is 11.1 Å². The van der Waals surface area contributed by atoms with Gasteiger partial charge >= 0.3 is 5.97 Å². The Hall–Kier alpha value is -2.95. The molecule has 3 aromatic rings. The molecule has 0 fully saturated rings. The SMILES string of the molecule is Cc1c(-c2ccc(F)cc2)oc2c(C(=O)O)cccc2c1=O. The molecule has 0 spiro atoms. The van der Waals surface area contributed by atoms with Crippen molar-refractivity contribution in [3.05, 3.63) is 69.6 Å². The molecule has 4 nitrogen and oxygen atoms in total. The number of aromatic carboxylic acids is 1. The van der Waals surface area contributed by atoms with Gasteiger partial charge in [0.25, 0.3) is 0 Å². The van der Waals surface area contributed by atoms with E-state index in [1.165, 1.54) is 42.5 Å². The Labute approximate surface area is 124 Å². The zero-order chi connectivity index (χ0) is 15.9. The molecule has 3 rings (SSSR count). The van der Waals surface area contributed by atoms with E-state index in [1.54, 1.807) is 6.92 Å². The standard InChI is InChI=1S/C17H11FO4/c1-9-14(19)12-3-2-4-13(17(20)21)16(12)22-15(9)10-5-7-11(18)8-6-10/h2-8H,1H3,(H,20,21). The Morgan fingerprint density at radius 3 is 2.45 bits per heavy atom. The Kier molecular flexibility index (Phi) is 3.25. The molecule has 1 N–H and O–H groups in total. The van der Waals surface area contributed by atoms with Gasteiger partial charge in [0.15, 0.2) is 11.0 Å². The minimum absolute atomic E-state index is 0.0184. The maximum atomic E-state index is 13.0. The first-order valence-corrected chi connectivity index (χ1v) is 6.54. The number of halogens is 1. The van der Waals surface area contributed by atoms with E-state index in [9.17, 15) is 19.1 Å². The van der Waals surface area contributed by atoms with Crippen LogP contribution in [0.4, 0.5) is 4.39 Å². The lowest BCUT2D eigenvalue weighted by atomic mass is 10.0. The number of rotatable bonds is 2. The van der Waals surface area contributed by atoms with E-state index in [4.69, 9.17) is 4.42 Å². The Bertz CT molecular complexity index is 939. The molecule has 0 bridgehead atoms. The summed E-state index contributed by atoms with van der Waals surface area (Å²) >= 11 is 0. The number of benzene rings is 2. The normalized spacial score (nSPS) is 10.8. The maximum absolute atomic E-state index is 13.0. The largest absolute Gasteiger partial charge is 0.478 e. The molecule has 1 aromatic heterocycles. The smallest absolute Gasteiger partial charge is 0.339 e. The van der Waals surface area contributed by atoms with Crippen molar-refractivity contribution in [3.8, 4) is 11.3 Å². The van der Waals surface area contributed by atoms with E-state index in [0.29, 0.717) is 11.1 Å². The van der Waals surface area contributed by atoms with Crippen LogP contribution >= 0.6 is 0 Å². The van der Waals surface area contributed by atoms with Gasteiger partial charge in [-0.05, 0) is 43.3 Å². The summed E-state index contributed by atoms with van der Waals surface area (Å²) in [6.45, 7) is 1.59. The lowest BCUT2D eigenvalue weighted by molar-refractivity contribution is 0.0698. The molecule has 0 atom stereocenters. The molecule has 0 aliphatic rings. The molecular formula is C17H11FO4. The van der Waals surface area contributed by atoms with Crippen molar-refractivity contribution >= 4 is 16.9 Å². The number of para-hydroxylation sites is 1. The van der Waals surface area contributed by atoms with Crippen LogP contribution in [0.3, 0.4) is 0 Å². The molecule has 0 saturated heterocycles. The van der Waals surface area contributed by atoms with E-state index < -0.39 is 11.8 Å². The van der Waals surface area contributed by atoms with Crippen molar-refractivity contribution in [1.82, 2.24) is 0 Å². The van der Waals surface area contributed by atoms with E-state index in [2.05, 4.69) is 0 Å². The van der Waals surface area contributed by atoms with Gasteiger partial charge in [-0.3, -0.25) is 4.79 Å². The number of fused-ring (bicyclic) bond motifs is 1. The summed E-state index contributed by atoms with van der Waals surface area (Å²) < 4.78 is 18.7. The highest BCUT2D eigenvalue weighted by molar-refractivity contribution is 6.01. The summed E-state index contributed by atoms with van der Waals surface area (Å²) in [5, 5.41) is 9.44. The summed E-state index contributed by atoms with van der Waals surface area (Å²) in [7, 11) is 0. The summed E-state index contributed by atoms with van der Waals surface area (Å²) in [5.74, 6) is -1.34. The number of hydrogen-bond acceptors (Lipinski definition) is 3. The summed E-state index contributed by atoms with van der Waals surface area (Å²) in [5.41, 5.74) is 0.492. The molecule has 1 heterocycles. The average molecular weight is 298 g/mol. The second kappa shape index (κ2) is 5.11. The van der Waals surface area contributed by atoms with E-state index >= 15 is 0 Å². The number of carboxylic acids is 1. The Morgan fingerprint density at radius 1 is 1.14 bits per heavy atom. The second-order valence-electron chi connectivity index (χ2n) is 4.88. The van der Waals surface area contributed by atoms with Crippen molar-refractivity contribution in [2.45, 2.75) is 6.92 Å². The summed E-state index contributed by atoms with van der Waals surface area (Å²) in [6.07, 6.45) is 0. The molecule has 0 aliphatic heterocycles. The van der Waals surface area contributed by atoms with E-state index in [1.807, 2.05) is 0 Å². The van der Waals surface area contributed by atoms with Gasteiger partial charge in [-0.1, -0.05) is 6.07 Å². The number of carbonyl (C=O) groups is 1. The fourth-order valence-corrected chi connectivity index (χ4v) is 2.35. The maximum Gasteiger partial charge on any atom is 0.339 e. The molecule has 22 heavy (non-hydrogen) atoms. The van der Waals surface area contributed by atoms with Gasteiger partial charge in [-0.15, -0.1) is 0 Å². The van der Waals surface area contributed by atoms with Crippen LogP contribution in [0.1, 0.15) is 15.9 Å². The second-order valence-corrected chi connectivity index (χ2v) is 4.88. The molecule has 2 aromatic carbocycles. The first-order chi connectivity index (χ1) is 10.5. The number of carboxylic acid groups (broad SMARTS) is 1. The Balaban J connectivity index is 2.39. The molecule has 5 heteroatoms. The van der Waals surface area contributed by atoms with Gasteiger partial charge in [0.05, 0.1) is 5.39 Å². The Morgan fingerprint density at radius 2 is 1.82 bits per heavy atom. The van der Waals surface area contributed by atoms with Crippen LogP contribution in [0.2, 0.25) is 0 Å². The van der Waals surface area contributed by atoms with Gasteiger partial charge in [0.2, 0.25) is 0 Å². The monoisotopic (exact) mass is 298 g/mol. The third kappa shape index (κ3) is 2.16. The van der Waals surface area contributed by atoms with Crippen LogP contribution in [0, 0.1) is 12.7 Å². The van der Waals surface area contributed by atoms with Gasteiger partial charge in [0, 0.05) is 11.1 Å². The highest BCUT2D eigenvalue weighted by Crippen LogP contribution is 2.27. The van der Waals surface area contributed by atoms with Gasteiger partial charge in [0.1, 0.15) is 17.1 Å². The van der Waals surface area contributed by atoms with Crippen molar-refractivity contribution in [3.63, 3.8) is 0 Å². The minimum atomic E-state index is -1.18.